The molecule has 0 spiro atoms. The van der Waals surface area contributed by atoms with E-state index in [1.165, 1.54) is 6.07 Å². The number of amides is 6. The van der Waals surface area contributed by atoms with Gasteiger partial charge in [-0.15, -0.1) is 0 Å². The summed E-state index contributed by atoms with van der Waals surface area (Å²) in [5.41, 5.74) is 0.987. The molecule has 182 valence electrons. The second kappa shape index (κ2) is 8.03. The van der Waals surface area contributed by atoms with Gasteiger partial charge in [0.1, 0.15) is 5.75 Å². The Bertz CT molecular complexity index is 1220. The van der Waals surface area contributed by atoms with Crippen molar-refractivity contribution in [1.29, 1.82) is 0 Å². The number of imide groups is 6. The highest BCUT2D eigenvalue weighted by molar-refractivity contribution is 6.17. The van der Waals surface area contributed by atoms with Gasteiger partial charge in [-0.25, -0.2) is 9.59 Å². The molecule has 0 bridgehead atoms. The van der Waals surface area contributed by atoms with Crippen LogP contribution in [-0.2, 0) is 28.7 Å². The van der Waals surface area contributed by atoms with Crippen LogP contribution in [0.15, 0.2) is 35.9 Å². The molecule has 4 aliphatic rings. The molecule has 6 atom stereocenters. The number of benzene rings is 1. The SMILES string of the molecule is COC(=O)N1C(=O)[C@H]2[C@H](CC=C3[C@H]2C[C@H]2C(=O)N(C(=O)OC)C(=O)[C@H]2[C@H]3c2ccccc2O)C1=O. The Kier molecular flexibility index (Phi) is 5.22. The quantitative estimate of drug-likeness (QED) is 0.465. The average molecular weight is 482 g/mol. The molecule has 1 N–H and O–H groups in total. The van der Waals surface area contributed by atoms with Crippen molar-refractivity contribution in [3.05, 3.63) is 41.5 Å². The van der Waals surface area contributed by atoms with E-state index in [9.17, 15) is 33.9 Å². The lowest BCUT2D eigenvalue weighted by Gasteiger charge is -2.44. The Morgan fingerprint density at radius 1 is 0.829 bits per heavy atom. The van der Waals surface area contributed by atoms with Gasteiger partial charge in [0, 0.05) is 11.5 Å². The number of likely N-dealkylation sites (tertiary alicyclic amines) is 2. The predicted octanol–water partition coefficient (Wildman–Crippen LogP) is 1.56. The minimum atomic E-state index is -1.11. The van der Waals surface area contributed by atoms with E-state index in [4.69, 9.17) is 0 Å². The third-order valence-corrected chi connectivity index (χ3v) is 7.63. The number of nitrogens with zero attached hydrogens (tertiary/aromatic N) is 2. The number of phenolic OH excluding ortho intramolecular Hbond substituents is 1. The largest absolute Gasteiger partial charge is 0.508 e. The number of allylic oxidation sites excluding steroid dienone is 2. The first kappa shape index (κ1) is 22.8. The summed E-state index contributed by atoms with van der Waals surface area (Å²) < 4.78 is 9.26. The van der Waals surface area contributed by atoms with Gasteiger partial charge in [-0.1, -0.05) is 29.8 Å². The normalized spacial score (nSPS) is 31.5. The third-order valence-electron chi connectivity index (χ3n) is 7.63. The molecule has 2 aliphatic carbocycles. The molecule has 3 fully saturated rings. The first-order valence-electron chi connectivity index (χ1n) is 11.1. The van der Waals surface area contributed by atoms with Gasteiger partial charge in [-0.3, -0.25) is 19.2 Å². The van der Waals surface area contributed by atoms with Gasteiger partial charge in [0.25, 0.3) is 0 Å². The fourth-order valence-electron chi connectivity index (χ4n) is 6.23. The number of para-hydroxylation sites is 1. The van der Waals surface area contributed by atoms with Crippen molar-refractivity contribution in [2.24, 2.45) is 29.6 Å². The minimum Gasteiger partial charge on any atom is -0.508 e. The molecule has 2 heterocycles. The van der Waals surface area contributed by atoms with E-state index in [1.54, 1.807) is 24.3 Å². The van der Waals surface area contributed by atoms with E-state index in [-0.39, 0.29) is 18.6 Å². The second-order valence-corrected chi connectivity index (χ2v) is 9.05. The minimum absolute atomic E-state index is 0.0217. The first-order valence-corrected chi connectivity index (χ1v) is 11.1. The van der Waals surface area contributed by atoms with Crippen LogP contribution in [0.4, 0.5) is 9.59 Å². The standard InChI is InChI=1S/C24H22N2O9/c1-34-23(32)25-19(28)12-8-7-10-13(17(12)21(25)30)9-14-18(16(10)11-5-3-4-6-15(11)27)22(31)26(20(14)29)24(33)35-2/h3-7,12-14,16-18,27H,8-9H2,1-2H3/t12-,13+,14+,16+,17-,18+/m0/s1. The highest BCUT2D eigenvalue weighted by atomic mass is 16.5. The van der Waals surface area contributed by atoms with Gasteiger partial charge >= 0.3 is 12.2 Å². The fraction of sp³-hybridized carbons (Fsp3) is 0.417. The van der Waals surface area contributed by atoms with Crippen molar-refractivity contribution < 1.29 is 43.3 Å². The summed E-state index contributed by atoms with van der Waals surface area (Å²) in [6.07, 6.45) is -0.272. The van der Waals surface area contributed by atoms with Crippen LogP contribution in [0.5, 0.6) is 5.75 Å². The van der Waals surface area contributed by atoms with Gasteiger partial charge in [0.2, 0.25) is 23.6 Å². The lowest BCUT2D eigenvalue weighted by molar-refractivity contribution is -0.139. The molecule has 11 nitrogen and oxygen atoms in total. The highest BCUT2D eigenvalue weighted by Crippen LogP contribution is 2.58. The summed E-state index contributed by atoms with van der Waals surface area (Å²) in [5.74, 6) is -8.23. The molecule has 2 saturated heterocycles. The molecule has 6 amide bonds. The molecule has 5 rings (SSSR count). The Balaban J connectivity index is 1.64. The Morgan fingerprint density at radius 2 is 1.40 bits per heavy atom. The number of carbonyl (C=O) groups excluding carboxylic acids is 6. The summed E-state index contributed by atoms with van der Waals surface area (Å²) in [5, 5.41) is 10.7. The summed E-state index contributed by atoms with van der Waals surface area (Å²) >= 11 is 0. The van der Waals surface area contributed by atoms with Crippen LogP contribution in [0.3, 0.4) is 0 Å². The maximum absolute atomic E-state index is 13.3. The number of carbonyl (C=O) groups is 6. The lowest BCUT2D eigenvalue weighted by Crippen LogP contribution is -2.43. The maximum atomic E-state index is 13.3. The summed E-state index contributed by atoms with van der Waals surface area (Å²) in [6, 6.07) is 6.34. The number of hydrogen-bond acceptors (Lipinski definition) is 9. The van der Waals surface area contributed by atoms with E-state index in [0.717, 1.165) is 14.2 Å². The lowest BCUT2D eigenvalue weighted by atomic mass is 9.57. The van der Waals surface area contributed by atoms with Crippen LogP contribution in [0.25, 0.3) is 0 Å². The smallest absolute Gasteiger partial charge is 0.423 e. The average Bonchev–Trinajstić information content (AvgIpc) is 3.26. The summed E-state index contributed by atoms with van der Waals surface area (Å²) in [4.78, 5) is 78.1. The van der Waals surface area contributed by atoms with Gasteiger partial charge in [0.15, 0.2) is 0 Å². The van der Waals surface area contributed by atoms with Crippen molar-refractivity contribution in [2.75, 3.05) is 14.2 Å². The van der Waals surface area contributed by atoms with Gasteiger partial charge in [0.05, 0.1) is 37.9 Å². The van der Waals surface area contributed by atoms with Crippen molar-refractivity contribution in [3.8, 4) is 5.75 Å². The molecular formula is C24H22N2O9. The maximum Gasteiger partial charge on any atom is 0.423 e. The highest BCUT2D eigenvalue weighted by Gasteiger charge is 2.64. The monoisotopic (exact) mass is 482 g/mol. The van der Waals surface area contributed by atoms with Crippen molar-refractivity contribution in [3.63, 3.8) is 0 Å². The summed E-state index contributed by atoms with van der Waals surface area (Å²) in [6.45, 7) is 0. The van der Waals surface area contributed by atoms with E-state index < -0.39 is 71.3 Å². The Hall–Kier alpha value is -4.02. The van der Waals surface area contributed by atoms with Crippen molar-refractivity contribution in [2.45, 2.75) is 18.8 Å². The van der Waals surface area contributed by atoms with Gasteiger partial charge in [-0.2, -0.15) is 9.80 Å². The number of methoxy groups -OCH3 is 2. The van der Waals surface area contributed by atoms with Crippen LogP contribution in [-0.4, -0.2) is 64.9 Å². The molecule has 2 aliphatic heterocycles. The van der Waals surface area contributed by atoms with E-state index in [1.807, 2.05) is 0 Å². The van der Waals surface area contributed by atoms with E-state index in [2.05, 4.69) is 9.47 Å². The first-order chi connectivity index (χ1) is 16.7. The zero-order valence-corrected chi connectivity index (χ0v) is 18.9. The number of hydrogen-bond donors (Lipinski definition) is 1. The third kappa shape index (κ3) is 3.03. The molecule has 0 radical (unpaired) electrons. The number of aromatic hydroxyl groups is 1. The molecular weight excluding hydrogens is 460 g/mol. The number of fused-ring (bicyclic) bond motifs is 4. The van der Waals surface area contributed by atoms with Crippen LogP contribution >= 0.6 is 0 Å². The molecule has 11 heteroatoms. The zero-order valence-electron chi connectivity index (χ0n) is 18.9. The summed E-state index contributed by atoms with van der Waals surface area (Å²) in [7, 11) is 2.13. The molecule has 1 aromatic rings. The van der Waals surface area contributed by atoms with Crippen molar-refractivity contribution >= 4 is 35.8 Å². The van der Waals surface area contributed by atoms with Gasteiger partial charge < -0.3 is 14.6 Å². The topological polar surface area (TPSA) is 148 Å². The molecule has 1 saturated carbocycles. The van der Waals surface area contributed by atoms with E-state index >= 15 is 0 Å². The Labute approximate surface area is 199 Å². The van der Waals surface area contributed by atoms with Crippen LogP contribution in [0, 0.1) is 29.6 Å². The van der Waals surface area contributed by atoms with Crippen molar-refractivity contribution in [1.82, 2.24) is 9.80 Å². The Morgan fingerprint density at radius 3 is 2.00 bits per heavy atom. The number of phenols is 1. The fourth-order valence-corrected chi connectivity index (χ4v) is 6.23. The van der Waals surface area contributed by atoms with Crippen LogP contribution < -0.4 is 0 Å². The second-order valence-electron chi connectivity index (χ2n) is 9.05. The number of rotatable bonds is 1. The van der Waals surface area contributed by atoms with E-state index in [0.29, 0.717) is 20.9 Å². The zero-order chi connectivity index (χ0) is 25.2. The molecule has 1 aromatic carbocycles. The molecule has 0 unspecified atom stereocenters. The molecule has 0 aromatic heterocycles. The predicted molar refractivity (Wildman–Crippen MR) is 114 cm³/mol. The van der Waals surface area contributed by atoms with Crippen LogP contribution in [0.1, 0.15) is 24.3 Å². The number of ether oxygens (including phenoxy) is 2. The van der Waals surface area contributed by atoms with Crippen LogP contribution in [0.2, 0.25) is 0 Å². The van der Waals surface area contributed by atoms with Gasteiger partial charge in [-0.05, 0) is 24.8 Å². The molecule has 35 heavy (non-hydrogen) atoms.